The quantitative estimate of drug-likeness (QED) is 0.752. The Kier molecular flexibility index (Phi) is 2.09. The number of nitrogens with zero attached hydrogens (tertiary/aromatic N) is 4. The molecule has 0 unspecified atom stereocenters. The van der Waals surface area contributed by atoms with Crippen LogP contribution in [0.2, 0.25) is 0 Å². The number of benzene rings is 1. The van der Waals surface area contributed by atoms with E-state index < -0.39 is 0 Å². The van der Waals surface area contributed by atoms with Crippen molar-refractivity contribution in [3.05, 3.63) is 35.7 Å². The van der Waals surface area contributed by atoms with Gasteiger partial charge in [-0.25, -0.2) is 4.68 Å². The fraction of sp³-hybridized carbons (Fsp3) is 0.364. The Balaban J connectivity index is 1.82. The summed E-state index contributed by atoms with van der Waals surface area (Å²) in [5.41, 5.74) is 1.30. The normalized spacial score (nSPS) is 18.4. The van der Waals surface area contributed by atoms with Crippen LogP contribution in [0, 0.1) is 0 Å². The standard InChI is InChI=1S/C11H12N4O/c1-16-10-4-2-8(3-5-10)9-6-11-12-13-14-15(11)7-9/h2-5,9H,6-7H2,1H3/t9-/m0/s1. The van der Waals surface area contributed by atoms with E-state index in [2.05, 4.69) is 27.7 Å². The van der Waals surface area contributed by atoms with Gasteiger partial charge in [0.2, 0.25) is 0 Å². The van der Waals surface area contributed by atoms with Crippen LogP contribution in [0.3, 0.4) is 0 Å². The van der Waals surface area contributed by atoms with E-state index >= 15 is 0 Å². The summed E-state index contributed by atoms with van der Waals surface area (Å²) in [6.45, 7) is 0.870. The number of rotatable bonds is 2. The van der Waals surface area contributed by atoms with Gasteiger partial charge in [0.1, 0.15) is 5.75 Å². The fourth-order valence-corrected chi connectivity index (χ4v) is 2.10. The van der Waals surface area contributed by atoms with Gasteiger partial charge in [-0.05, 0) is 28.1 Å². The highest BCUT2D eigenvalue weighted by atomic mass is 16.5. The molecule has 16 heavy (non-hydrogen) atoms. The molecule has 0 saturated heterocycles. The van der Waals surface area contributed by atoms with Gasteiger partial charge in [0, 0.05) is 12.3 Å². The number of fused-ring (bicyclic) bond motifs is 1. The fourth-order valence-electron chi connectivity index (χ4n) is 2.10. The lowest BCUT2D eigenvalue weighted by atomic mass is 9.98. The molecule has 0 saturated carbocycles. The molecule has 5 nitrogen and oxygen atoms in total. The summed E-state index contributed by atoms with van der Waals surface area (Å²) >= 11 is 0. The van der Waals surface area contributed by atoms with Crippen LogP contribution >= 0.6 is 0 Å². The van der Waals surface area contributed by atoms with Gasteiger partial charge < -0.3 is 4.74 Å². The first-order valence-electron chi connectivity index (χ1n) is 5.26. The third kappa shape index (κ3) is 1.44. The van der Waals surface area contributed by atoms with Crippen molar-refractivity contribution < 1.29 is 4.74 Å². The molecule has 82 valence electrons. The van der Waals surface area contributed by atoms with Gasteiger partial charge in [-0.3, -0.25) is 0 Å². The van der Waals surface area contributed by atoms with Crippen molar-refractivity contribution in [1.82, 2.24) is 20.2 Å². The zero-order valence-corrected chi connectivity index (χ0v) is 9.00. The SMILES string of the molecule is COc1ccc([C@H]2Cc3nnnn3C2)cc1. The molecule has 0 radical (unpaired) electrons. The molecule has 0 spiro atoms. The molecule has 0 fully saturated rings. The summed E-state index contributed by atoms with van der Waals surface area (Å²) in [6, 6.07) is 8.18. The molecule has 2 heterocycles. The predicted octanol–water partition coefficient (Wildman–Crippen LogP) is 1.02. The summed E-state index contributed by atoms with van der Waals surface area (Å²) in [5, 5.41) is 11.6. The molecular formula is C11H12N4O. The Morgan fingerprint density at radius 3 is 2.81 bits per heavy atom. The van der Waals surface area contributed by atoms with E-state index in [1.807, 2.05) is 16.8 Å². The molecule has 3 rings (SSSR count). The van der Waals surface area contributed by atoms with Gasteiger partial charge in [0.05, 0.1) is 13.7 Å². The molecule has 2 aromatic rings. The molecule has 0 bridgehead atoms. The zero-order valence-electron chi connectivity index (χ0n) is 9.00. The number of aromatic nitrogens is 4. The molecule has 1 aromatic heterocycles. The van der Waals surface area contributed by atoms with Crippen molar-refractivity contribution in [2.45, 2.75) is 18.9 Å². The molecule has 0 amide bonds. The van der Waals surface area contributed by atoms with Crippen molar-refractivity contribution in [1.29, 1.82) is 0 Å². The van der Waals surface area contributed by atoms with E-state index in [0.29, 0.717) is 5.92 Å². The lowest BCUT2D eigenvalue weighted by Crippen LogP contribution is -2.02. The average molecular weight is 216 g/mol. The molecule has 1 aromatic carbocycles. The molecule has 1 aliphatic rings. The Hall–Kier alpha value is -1.91. The first kappa shape index (κ1) is 9.33. The van der Waals surface area contributed by atoms with Crippen LogP contribution in [-0.4, -0.2) is 27.3 Å². The van der Waals surface area contributed by atoms with Gasteiger partial charge in [-0.2, -0.15) is 0 Å². The first-order valence-corrected chi connectivity index (χ1v) is 5.26. The van der Waals surface area contributed by atoms with Crippen molar-refractivity contribution in [2.24, 2.45) is 0 Å². The Bertz CT molecular complexity index is 470. The van der Waals surface area contributed by atoms with Crippen LogP contribution in [-0.2, 0) is 13.0 Å². The van der Waals surface area contributed by atoms with Gasteiger partial charge in [0.25, 0.3) is 0 Å². The minimum absolute atomic E-state index is 0.462. The van der Waals surface area contributed by atoms with Crippen LogP contribution < -0.4 is 4.74 Å². The highest BCUT2D eigenvalue weighted by Crippen LogP contribution is 2.28. The highest BCUT2D eigenvalue weighted by molar-refractivity contribution is 5.30. The highest BCUT2D eigenvalue weighted by Gasteiger charge is 2.25. The lowest BCUT2D eigenvalue weighted by molar-refractivity contribution is 0.414. The molecule has 1 aliphatic heterocycles. The summed E-state index contributed by atoms with van der Waals surface area (Å²) in [6.07, 6.45) is 0.916. The third-order valence-corrected chi connectivity index (χ3v) is 3.02. The number of hydrogen-bond acceptors (Lipinski definition) is 4. The second-order valence-corrected chi connectivity index (χ2v) is 3.95. The maximum absolute atomic E-state index is 5.14. The van der Waals surface area contributed by atoms with Crippen LogP contribution in [0.25, 0.3) is 0 Å². The molecule has 1 atom stereocenters. The Morgan fingerprint density at radius 1 is 1.31 bits per heavy atom. The molecular weight excluding hydrogens is 204 g/mol. The monoisotopic (exact) mass is 216 g/mol. The number of ether oxygens (including phenoxy) is 1. The average Bonchev–Trinajstić information content (AvgIpc) is 2.89. The molecule has 0 aliphatic carbocycles. The van der Waals surface area contributed by atoms with Gasteiger partial charge in [0.15, 0.2) is 5.82 Å². The van der Waals surface area contributed by atoms with E-state index in [4.69, 9.17) is 4.74 Å². The van der Waals surface area contributed by atoms with Gasteiger partial charge in [-0.1, -0.05) is 12.1 Å². The smallest absolute Gasteiger partial charge is 0.151 e. The maximum atomic E-state index is 5.14. The second-order valence-electron chi connectivity index (χ2n) is 3.95. The van der Waals surface area contributed by atoms with Crippen molar-refractivity contribution in [3.8, 4) is 5.75 Å². The van der Waals surface area contributed by atoms with Crippen LogP contribution in [0.1, 0.15) is 17.3 Å². The van der Waals surface area contributed by atoms with Crippen LogP contribution in [0.4, 0.5) is 0 Å². The van der Waals surface area contributed by atoms with E-state index in [1.54, 1.807) is 7.11 Å². The van der Waals surface area contributed by atoms with Crippen molar-refractivity contribution >= 4 is 0 Å². The first-order chi connectivity index (χ1) is 7.86. The topological polar surface area (TPSA) is 52.8 Å². The lowest BCUT2D eigenvalue weighted by Gasteiger charge is -2.09. The molecule has 5 heteroatoms. The minimum Gasteiger partial charge on any atom is -0.497 e. The van der Waals surface area contributed by atoms with E-state index in [9.17, 15) is 0 Å². The Morgan fingerprint density at radius 2 is 2.12 bits per heavy atom. The number of methoxy groups -OCH3 is 1. The summed E-state index contributed by atoms with van der Waals surface area (Å²) < 4.78 is 7.01. The summed E-state index contributed by atoms with van der Waals surface area (Å²) in [7, 11) is 1.68. The minimum atomic E-state index is 0.462. The van der Waals surface area contributed by atoms with Crippen molar-refractivity contribution in [3.63, 3.8) is 0 Å². The molecule has 0 N–H and O–H groups in total. The maximum Gasteiger partial charge on any atom is 0.151 e. The van der Waals surface area contributed by atoms with E-state index in [1.165, 1.54) is 5.56 Å². The third-order valence-electron chi connectivity index (χ3n) is 3.02. The van der Waals surface area contributed by atoms with Gasteiger partial charge in [-0.15, -0.1) is 5.10 Å². The predicted molar refractivity (Wildman–Crippen MR) is 57.3 cm³/mol. The Labute approximate surface area is 93.0 Å². The van der Waals surface area contributed by atoms with E-state index in [0.717, 1.165) is 24.5 Å². The van der Waals surface area contributed by atoms with Gasteiger partial charge >= 0.3 is 0 Å². The largest absolute Gasteiger partial charge is 0.497 e. The van der Waals surface area contributed by atoms with Crippen molar-refractivity contribution in [2.75, 3.05) is 7.11 Å². The second kappa shape index (κ2) is 3.59. The number of tetrazole rings is 1. The van der Waals surface area contributed by atoms with Crippen LogP contribution in [0.15, 0.2) is 24.3 Å². The van der Waals surface area contributed by atoms with E-state index in [-0.39, 0.29) is 0 Å². The number of hydrogen-bond donors (Lipinski definition) is 0. The van der Waals surface area contributed by atoms with Crippen LogP contribution in [0.5, 0.6) is 5.75 Å². The summed E-state index contributed by atoms with van der Waals surface area (Å²) in [4.78, 5) is 0. The summed E-state index contributed by atoms with van der Waals surface area (Å²) in [5.74, 6) is 2.32. The zero-order chi connectivity index (χ0) is 11.0.